The van der Waals surface area contributed by atoms with Crippen LogP contribution in [0.2, 0.25) is 5.02 Å². The lowest BCUT2D eigenvalue weighted by atomic mass is 10.2. The van der Waals surface area contributed by atoms with Crippen LogP contribution in [-0.4, -0.2) is 39.1 Å². The molecule has 1 aromatic carbocycles. The molecule has 0 bridgehead atoms. The van der Waals surface area contributed by atoms with Gasteiger partial charge in [0.05, 0.1) is 28.0 Å². The Balaban J connectivity index is 1.33. The molecule has 168 valence electrons. The lowest BCUT2D eigenvalue weighted by Crippen LogP contribution is -2.10. The number of aromatic nitrogens is 8. The Bertz CT molecular complexity index is 1480. The first-order chi connectivity index (χ1) is 15.9. The second-order valence-electron chi connectivity index (χ2n) is 7.96. The summed E-state index contributed by atoms with van der Waals surface area (Å²) in [6, 6.07) is 9.60. The zero-order chi connectivity index (χ0) is 22.7. The maximum absolute atomic E-state index is 13.3. The number of para-hydroxylation sites is 1. The average Bonchev–Trinajstić information content (AvgIpc) is 3.24. The molecule has 0 aliphatic heterocycles. The Morgan fingerprint density at radius 2 is 1.85 bits per heavy atom. The molecule has 1 saturated carbocycles. The molecule has 1 aliphatic rings. The number of rotatable bonds is 5. The van der Waals surface area contributed by atoms with Gasteiger partial charge >= 0.3 is 6.18 Å². The summed E-state index contributed by atoms with van der Waals surface area (Å²) in [5.74, 6) is 0.487. The molecule has 0 radical (unpaired) electrons. The Morgan fingerprint density at radius 3 is 2.58 bits per heavy atom. The van der Waals surface area contributed by atoms with Crippen LogP contribution in [0.5, 0.6) is 0 Å². The summed E-state index contributed by atoms with van der Waals surface area (Å²) in [4.78, 5) is 9.06. The van der Waals surface area contributed by atoms with E-state index in [0.29, 0.717) is 29.2 Å². The zero-order valence-corrected chi connectivity index (χ0v) is 17.8. The summed E-state index contributed by atoms with van der Waals surface area (Å²) in [7, 11) is 0. The third-order valence-electron chi connectivity index (χ3n) is 5.66. The van der Waals surface area contributed by atoms with Crippen molar-refractivity contribution >= 4 is 28.3 Å². The molecule has 6 rings (SSSR count). The molecule has 0 atom stereocenters. The first-order valence-corrected chi connectivity index (χ1v) is 10.7. The van der Waals surface area contributed by atoms with Crippen molar-refractivity contribution in [2.75, 3.05) is 0 Å². The lowest BCUT2D eigenvalue weighted by molar-refractivity contribution is -0.141. The summed E-state index contributed by atoms with van der Waals surface area (Å²) < 4.78 is 44.5. The van der Waals surface area contributed by atoms with E-state index in [1.165, 1.54) is 4.68 Å². The van der Waals surface area contributed by atoms with E-state index >= 15 is 0 Å². The highest BCUT2D eigenvalue weighted by Gasteiger charge is 2.42. The Labute approximate surface area is 189 Å². The van der Waals surface area contributed by atoms with Gasteiger partial charge in [0.15, 0.2) is 22.8 Å². The quantitative estimate of drug-likeness (QED) is 0.377. The van der Waals surface area contributed by atoms with Crippen LogP contribution in [0.15, 0.2) is 42.9 Å². The van der Waals surface area contributed by atoms with Crippen molar-refractivity contribution in [3.63, 3.8) is 0 Å². The van der Waals surface area contributed by atoms with Gasteiger partial charge in [0.25, 0.3) is 0 Å². The molecule has 0 N–H and O–H groups in total. The van der Waals surface area contributed by atoms with Crippen LogP contribution >= 0.6 is 11.6 Å². The highest BCUT2D eigenvalue weighted by Crippen LogP contribution is 2.46. The number of aryl methyl sites for hydroxylation is 2. The van der Waals surface area contributed by atoms with E-state index in [0.717, 1.165) is 23.9 Å². The molecule has 4 aromatic heterocycles. The molecule has 5 aromatic rings. The van der Waals surface area contributed by atoms with Crippen molar-refractivity contribution < 1.29 is 13.2 Å². The van der Waals surface area contributed by atoms with Gasteiger partial charge in [0.1, 0.15) is 6.33 Å². The molecule has 1 fully saturated rings. The molecule has 0 saturated heterocycles. The number of benzene rings is 1. The molecular formula is C21H16ClF3N8. The number of hydrogen-bond acceptors (Lipinski definition) is 5. The van der Waals surface area contributed by atoms with Crippen molar-refractivity contribution in [1.82, 2.24) is 39.1 Å². The van der Waals surface area contributed by atoms with Crippen molar-refractivity contribution in [3.8, 4) is 5.69 Å². The van der Waals surface area contributed by atoms with Crippen LogP contribution in [0, 0.1) is 0 Å². The monoisotopic (exact) mass is 472 g/mol. The molecule has 0 unspecified atom stereocenters. The largest absolute Gasteiger partial charge is 0.436 e. The minimum Gasteiger partial charge on any atom is -0.267 e. The number of hydrogen-bond donors (Lipinski definition) is 0. The van der Waals surface area contributed by atoms with Gasteiger partial charge in [-0.25, -0.2) is 19.2 Å². The van der Waals surface area contributed by atoms with Gasteiger partial charge in [0.2, 0.25) is 0 Å². The first-order valence-electron chi connectivity index (χ1n) is 10.4. The second-order valence-corrected chi connectivity index (χ2v) is 8.34. The molecule has 4 heterocycles. The smallest absolute Gasteiger partial charge is 0.267 e. The molecule has 12 heteroatoms. The summed E-state index contributed by atoms with van der Waals surface area (Å²) in [6.07, 6.45) is 0.554. The number of fused-ring (bicyclic) bond motifs is 3. The first kappa shape index (κ1) is 20.2. The van der Waals surface area contributed by atoms with E-state index in [1.54, 1.807) is 21.7 Å². The fourth-order valence-corrected chi connectivity index (χ4v) is 4.38. The van der Waals surface area contributed by atoms with Crippen LogP contribution in [0.3, 0.4) is 0 Å². The summed E-state index contributed by atoms with van der Waals surface area (Å²) >= 11 is 6.06. The molecule has 0 amide bonds. The highest BCUT2D eigenvalue weighted by molar-refractivity contribution is 6.32. The number of nitrogens with zero attached hydrogens (tertiary/aromatic N) is 8. The van der Waals surface area contributed by atoms with Crippen molar-refractivity contribution in [2.24, 2.45) is 0 Å². The summed E-state index contributed by atoms with van der Waals surface area (Å²) in [6.45, 7) is 0.193. The van der Waals surface area contributed by atoms with Crippen LogP contribution in [-0.2, 0) is 19.1 Å². The van der Waals surface area contributed by atoms with Gasteiger partial charge < -0.3 is 0 Å². The Hall–Kier alpha value is -3.47. The van der Waals surface area contributed by atoms with E-state index < -0.39 is 11.9 Å². The Kier molecular flexibility index (Phi) is 4.44. The van der Waals surface area contributed by atoms with E-state index in [9.17, 15) is 13.2 Å². The maximum Gasteiger partial charge on any atom is 0.436 e. The summed E-state index contributed by atoms with van der Waals surface area (Å²) in [5.41, 5.74) is 1.49. The van der Waals surface area contributed by atoms with Gasteiger partial charge in [-0.2, -0.15) is 23.4 Å². The van der Waals surface area contributed by atoms with Crippen molar-refractivity contribution in [2.45, 2.75) is 37.9 Å². The van der Waals surface area contributed by atoms with E-state index in [2.05, 4.69) is 25.3 Å². The van der Waals surface area contributed by atoms with Crippen LogP contribution in [0.25, 0.3) is 22.4 Å². The fourth-order valence-electron chi connectivity index (χ4n) is 3.99. The van der Waals surface area contributed by atoms with Gasteiger partial charge in [-0.05, 0) is 25.0 Å². The summed E-state index contributed by atoms with van der Waals surface area (Å²) in [5, 5.41) is 13.1. The minimum atomic E-state index is -4.59. The molecular weight excluding hydrogens is 457 g/mol. The number of halogens is 4. The zero-order valence-electron chi connectivity index (χ0n) is 17.0. The van der Waals surface area contributed by atoms with E-state index in [-0.39, 0.29) is 17.5 Å². The highest BCUT2D eigenvalue weighted by atomic mass is 35.5. The van der Waals surface area contributed by atoms with Crippen LogP contribution in [0.1, 0.15) is 36.0 Å². The minimum absolute atomic E-state index is 0.0165. The maximum atomic E-state index is 13.3. The van der Waals surface area contributed by atoms with Gasteiger partial charge in [-0.1, -0.05) is 29.8 Å². The average molecular weight is 473 g/mol. The van der Waals surface area contributed by atoms with Crippen molar-refractivity contribution in [3.05, 3.63) is 65.1 Å². The van der Waals surface area contributed by atoms with E-state index in [1.807, 2.05) is 30.3 Å². The van der Waals surface area contributed by atoms with Crippen LogP contribution in [0.4, 0.5) is 13.2 Å². The fraction of sp³-hybridized carbons (Fsp3) is 0.286. The van der Waals surface area contributed by atoms with Crippen LogP contribution < -0.4 is 0 Å². The second kappa shape index (κ2) is 7.27. The Morgan fingerprint density at radius 1 is 1.06 bits per heavy atom. The standard InChI is InChI=1S/C21H16ClF3N8/c22-16-17(12-6-7-12)31(30-18(16)21(23,24)25)9-8-15-28-20-14-10-27-33(13-4-2-1-3-5-13)19(14)26-11-32(20)29-15/h1-5,10-12H,6-9H2. The lowest BCUT2D eigenvalue weighted by Gasteiger charge is -2.05. The molecule has 1 aliphatic carbocycles. The normalized spacial score (nSPS) is 14.5. The SMILES string of the molecule is FC(F)(F)c1nn(CCc2nc3c4cnn(-c5ccccc5)c4ncn3n2)c(C2CC2)c1Cl. The third kappa shape index (κ3) is 3.43. The van der Waals surface area contributed by atoms with Crippen molar-refractivity contribution in [1.29, 1.82) is 0 Å². The molecule has 0 spiro atoms. The number of alkyl halides is 3. The molecule has 8 nitrogen and oxygen atoms in total. The van der Waals surface area contributed by atoms with Gasteiger partial charge in [-0.3, -0.25) is 4.68 Å². The molecule has 33 heavy (non-hydrogen) atoms. The third-order valence-corrected chi connectivity index (χ3v) is 6.03. The van der Waals surface area contributed by atoms with Gasteiger partial charge in [-0.15, -0.1) is 5.10 Å². The van der Waals surface area contributed by atoms with E-state index in [4.69, 9.17) is 11.6 Å². The predicted molar refractivity (Wildman–Crippen MR) is 113 cm³/mol. The predicted octanol–water partition coefficient (Wildman–Crippen LogP) is 4.45. The topological polar surface area (TPSA) is 78.7 Å². The van der Waals surface area contributed by atoms with Gasteiger partial charge in [0, 0.05) is 18.9 Å².